The molecule has 1 aromatic heterocycles. The van der Waals surface area contributed by atoms with Crippen LogP contribution in [0.25, 0.3) is 0 Å². The molecule has 18 heavy (non-hydrogen) atoms. The Morgan fingerprint density at radius 1 is 1.33 bits per heavy atom. The van der Waals surface area contributed by atoms with Gasteiger partial charge in [-0.1, -0.05) is 12.1 Å². The molecule has 1 heterocycles. The Morgan fingerprint density at radius 2 is 2.11 bits per heavy atom. The van der Waals surface area contributed by atoms with Crippen LogP contribution in [0.2, 0.25) is 0 Å². The third kappa shape index (κ3) is 2.85. The first-order valence-electron chi connectivity index (χ1n) is 5.06. The van der Waals surface area contributed by atoms with Gasteiger partial charge in [0.15, 0.2) is 0 Å². The molecule has 0 aliphatic carbocycles. The van der Waals surface area contributed by atoms with E-state index in [4.69, 9.17) is 5.84 Å². The van der Waals surface area contributed by atoms with Gasteiger partial charge in [0.05, 0.1) is 11.2 Å². The Balaban J connectivity index is 2.20. The van der Waals surface area contributed by atoms with E-state index in [2.05, 4.69) is 15.1 Å². The van der Waals surface area contributed by atoms with Crippen LogP contribution in [-0.4, -0.2) is 13.4 Å². The van der Waals surface area contributed by atoms with E-state index in [1.165, 1.54) is 17.4 Å². The van der Waals surface area contributed by atoms with E-state index < -0.39 is 10.0 Å². The van der Waals surface area contributed by atoms with Gasteiger partial charge in [-0.05, 0) is 12.1 Å². The van der Waals surface area contributed by atoms with Crippen LogP contribution in [0.1, 0.15) is 4.88 Å². The van der Waals surface area contributed by atoms with Crippen LogP contribution < -0.4 is 16.0 Å². The van der Waals surface area contributed by atoms with E-state index in [9.17, 15) is 8.42 Å². The Morgan fingerprint density at radius 3 is 2.78 bits per heavy atom. The number of thiazole rings is 1. The predicted molar refractivity (Wildman–Crippen MR) is 70.4 cm³/mol. The van der Waals surface area contributed by atoms with Crippen molar-refractivity contribution in [3.63, 3.8) is 0 Å². The number of hydrazine groups is 1. The highest BCUT2D eigenvalue weighted by Crippen LogP contribution is 2.19. The first-order valence-corrected chi connectivity index (χ1v) is 7.42. The number of rotatable bonds is 5. The van der Waals surface area contributed by atoms with Crippen LogP contribution in [0, 0.1) is 0 Å². The number of benzene rings is 1. The van der Waals surface area contributed by atoms with Crippen molar-refractivity contribution in [2.75, 3.05) is 5.43 Å². The van der Waals surface area contributed by atoms with Gasteiger partial charge in [0.1, 0.15) is 4.90 Å². The standard InChI is InChI=1S/C10H12N4O2S2/c11-14-9-3-1-2-4-10(9)18(15,16)13-6-8-5-12-7-17-8/h1-5,7,13-14H,6,11H2. The lowest BCUT2D eigenvalue weighted by Crippen LogP contribution is -2.24. The van der Waals surface area contributed by atoms with Crippen LogP contribution in [0.15, 0.2) is 40.9 Å². The fraction of sp³-hybridized carbons (Fsp3) is 0.100. The minimum atomic E-state index is -3.59. The van der Waals surface area contributed by atoms with E-state index in [1.54, 1.807) is 29.9 Å². The normalized spacial score (nSPS) is 11.4. The molecule has 6 nitrogen and oxygen atoms in total. The highest BCUT2D eigenvalue weighted by Gasteiger charge is 2.17. The highest BCUT2D eigenvalue weighted by atomic mass is 32.2. The largest absolute Gasteiger partial charge is 0.323 e. The first kappa shape index (κ1) is 13.0. The van der Waals surface area contributed by atoms with Gasteiger partial charge in [-0.25, -0.2) is 13.1 Å². The van der Waals surface area contributed by atoms with Gasteiger partial charge in [-0.15, -0.1) is 11.3 Å². The van der Waals surface area contributed by atoms with Gasteiger partial charge < -0.3 is 5.43 Å². The molecule has 0 aliphatic rings. The van der Waals surface area contributed by atoms with E-state index in [-0.39, 0.29) is 11.4 Å². The topological polar surface area (TPSA) is 97.1 Å². The molecule has 96 valence electrons. The number of anilines is 1. The minimum Gasteiger partial charge on any atom is -0.323 e. The van der Waals surface area contributed by atoms with Crippen LogP contribution >= 0.6 is 11.3 Å². The highest BCUT2D eigenvalue weighted by molar-refractivity contribution is 7.89. The summed E-state index contributed by atoms with van der Waals surface area (Å²) in [4.78, 5) is 4.85. The molecule has 0 amide bonds. The zero-order chi connectivity index (χ0) is 13.0. The molecule has 0 atom stereocenters. The molecule has 2 rings (SSSR count). The number of hydrogen-bond acceptors (Lipinski definition) is 6. The van der Waals surface area contributed by atoms with Gasteiger partial charge in [0.2, 0.25) is 10.0 Å². The van der Waals surface area contributed by atoms with Crippen LogP contribution in [0.3, 0.4) is 0 Å². The maximum atomic E-state index is 12.1. The third-order valence-corrected chi connectivity index (χ3v) is 4.49. The SMILES string of the molecule is NNc1ccccc1S(=O)(=O)NCc1cncs1. The molecule has 1 aromatic carbocycles. The Labute approximate surface area is 109 Å². The van der Waals surface area contributed by atoms with Crippen molar-refractivity contribution >= 4 is 27.0 Å². The number of hydrogen-bond donors (Lipinski definition) is 3. The quantitative estimate of drug-likeness (QED) is 0.560. The van der Waals surface area contributed by atoms with Crippen molar-refractivity contribution in [2.24, 2.45) is 5.84 Å². The summed E-state index contributed by atoms with van der Waals surface area (Å²) in [5, 5.41) is 0. The van der Waals surface area contributed by atoms with Gasteiger partial charge in [-0.2, -0.15) is 0 Å². The summed E-state index contributed by atoms with van der Waals surface area (Å²) in [7, 11) is -3.59. The van der Waals surface area contributed by atoms with Crippen LogP contribution in [-0.2, 0) is 16.6 Å². The van der Waals surface area contributed by atoms with Crippen molar-refractivity contribution < 1.29 is 8.42 Å². The lowest BCUT2D eigenvalue weighted by atomic mass is 10.3. The third-order valence-electron chi connectivity index (χ3n) is 2.25. The second-order valence-corrected chi connectivity index (χ2v) is 6.14. The summed E-state index contributed by atoms with van der Waals surface area (Å²) in [6, 6.07) is 6.44. The number of nitrogen functional groups attached to an aromatic ring is 1. The van der Waals surface area contributed by atoms with E-state index in [1.807, 2.05) is 0 Å². The number of aromatic nitrogens is 1. The van der Waals surface area contributed by atoms with Crippen molar-refractivity contribution in [2.45, 2.75) is 11.4 Å². The summed E-state index contributed by atoms with van der Waals surface area (Å²) >= 11 is 1.39. The van der Waals surface area contributed by atoms with E-state index in [0.29, 0.717) is 5.69 Å². The predicted octanol–water partition coefficient (Wildman–Crippen LogP) is 0.907. The fourth-order valence-corrected chi connectivity index (χ4v) is 3.19. The average Bonchev–Trinajstić information content (AvgIpc) is 2.89. The molecule has 8 heteroatoms. The number of para-hydroxylation sites is 1. The Bertz CT molecular complexity index is 611. The molecule has 0 aliphatic heterocycles. The number of nitrogens with one attached hydrogen (secondary N) is 2. The van der Waals surface area contributed by atoms with Gasteiger partial charge in [-0.3, -0.25) is 10.8 Å². The molecule has 0 fully saturated rings. The van der Waals surface area contributed by atoms with Crippen molar-refractivity contribution in [1.82, 2.24) is 9.71 Å². The first-order chi connectivity index (χ1) is 8.63. The van der Waals surface area contributed by atoms with Crippen molar-refractivity contribution in [1.29, 1.82) is 0 Å². The summed E-state index contributed by atoms with van der Waals surface area (Å²) in [5.74, 6) is 5.29. The van der Waals surface area contributed by atoms with Crippen molar-refractivity contribution in [3.8, 4) is 0 Å². The molecule has 0 unspecified atom stereocenters. The number of nitrogens with two attached hydrogens (primary N) is 1. The molecule has 2 aromatic rings. The van der Waals surface area contributed by atoms with Crippen LogP contribution in [0.4, 0.5) is 5.69 Å². The minimum absolute atomic E-state index is 0.122. The maximum absolute atomic E-state index is 12.1. The van der Waals surface area contributed by atoms with Gasteiger partial charge in [0, 0.05) is 17.6 Å². The Hall–Kier alpha value is -1.48. The molecular weight excluding hydrogens is 272 g/mol. The maximum Gasteiger partial charge on any atom is 0.243 e. The average molecular weight is 284 g/mol. The van der Waals surface area contributed by atoms with E-state index >= 15 is 0 Å². The zero-order valence-corrected chi connectivity index (χ0v) is 11.0. The molecule has 0 spiro atoms. The smallest absolute Gasteiger partial charge is 0.243 e. The van der Waals surface area contributed by atoms with Crippen LogP contribution in [0.5, 0.6) is 0 Å². The number of nitrogens with zero attached hydrogens (tertiary/aromatic N) is 1. The summed E-state index contributed by atoms with van der Waals surface area (Å²) < 4.78 is 26.7. The summed E-state index contributed by atoms with van der Waals surface area (Å²) in [5.41, 5.74) is 4.37. The zero-order valence-electron chi connectivity index (χ0n) is 9.33. The molecular formula is C10H12N4O2S2. The molecule has 0 saturated heterocycles. The van der Waals surface area contributed by atoms with Gasteiger partial charge in [0.25, 0.3) is 0 Å². The summed E-state index contributed by atoms with van der Waals surface area (Å²) in [6.07, 6.45) is 1.63. The molecule has 4 N–H and O–H groups in total. The monoisotopic (exact) mass is 284 g/mol. The fourth-order valence-electron chi connectivity index (χ4n) is 1.39. The second kappa shape index (κ2) is 5.44. The molecule has 0 saturated carbocycles. The lowest BCUT2D eigenvalue weighted by molar-refractivity contribution is 0.582. The van der Waals surface area contributed by atoms with E-state index in [0.717, 1.165) is 4.88 Å². The Kier molecular flexibility index (Phi) is 3.92. The summed E-state index contributed by atoms with van der Waals surface area (Å²) in [6.45, 7) is 0.214. The van der Waals surface area contributed by atoms with Crippen molar-refractivity contribution in [3.05, 3.63) is 40.8 Å². The molecule has 0 radical (unpaired) electrons. The lowest BCUT2D eigenvalue weighted by Gasteiger charge is -2.09. The number of sulfonamides is 1. The second-order valence-electron chi connectivity index (χ2n) is 3.43. The molecule has 0 bridgehead atoms. The van der Waals surface area contributed by atoms with Gasteiger partial charge >= 0.3 is 0 Å².